The molecule has 0 spiro atoms. The van der Waals surface area contributed by atoms with Crippen LogP contribution in [0.15, 0.2) is 29.8 Å². The predicted octanol–water partition coefficient (Wildman–Crippen LogP) is 4.41. The van der Waals surface area contributed by atoms with Crippen LogP contribution in [0.2, 0.25) is 0 Å². The molecule has 1 aromatic carbocycles. The number of allylic oxidation sites excluding steroid dienone is 1. The molecule has 0 aliphatic carbocycles. The molecule has 0 saturated heterocycles. The second-order valence-electron chi connectivity index (χ2n) is 4.69. The van der Waals surface area contributed by atoms with E-state index in [1.807, 2.05) is 6.92 Å². The highest BCUT2D eigenvalue weighted by atomic mass is 16.5. The number of aldehydes is 1. The highest BCUT2D eigenvalue weighted by Gasteiger charge is 2.05. The average molecular weight is 276 g/mol. The van der Waals surface area contributed by atoms with Crippen LogP contribution in [0.25, 0.3) is 0 Å². The van der Waals surface area contributed by atoms with Crippen molar-refractivity contribution < 1.29 is 14.3 Å². The first kappa shape index (κ1) is 16.3. The van der Waals surface area contributed by atoms with Gasteiger partial charge in [0.05, 0.1) is 13.2 Å². The molecule has 0 fully saturated rings. The topological polar surface area (TPSA) is 35.5 Å². The molecule has 110 valence electrons. The zero-order valence-corrected chi connectivity index (χ0v) is 12.6. The molecule has 0 unspecified atom stereocenters. The number of carbonyl (C=O) groups is 1. The van der Waals surface area contributed by atoms with Crippen molar-refractivity contribution in [1.29, 1.82) is 0 Å². The van der Waals surface area contributed by atoms with E-state index in [2.05, 4.69) is 19.9 Å². The van der Waals surface area contributed by atoms with Crippen LogP contribution < -0.4 is 9.47 Å². The number of ether oxygens (including phenoxy) is 2. The molecule has 0 bridgehead atoms. The first-order chi connectivity index (χ1) is 9.71. The quantitative estimate of drug-likeness (QED) is 0.380. The minimum atomic E-state index is 0.550. The van der Waals surface area contributed by atoms with E-state index in [0.717, 1.165) is 19.1 Å². The number of carbonyl (C=O) groups excluding carboxylic acids is 1. The summed E-state index contributed by atoms with van der Waals surface area (Å²) in [4.78, 5) is 10.8. The van der Waals surface area contributed by atoms with Gasteiger partial charge in [0.15, 0.2) is 11.5 Å². The summed E-state index contributed by atoms with van der Waals surface area (Å²) in [7, 11) is 0. The van der Waals surface area contributed by atoms with Crippen molar-refractivity contribution in [3.05, 3.63) is 35.4 Å². The van der Waals surface area contributed by atoms with Gasteiger partial charge in [0.1, 0.15) is 6.29 Å². The first-order valence-corrected chi connectivity index (χ1v) is 7.21. The van der Waals surface area contributed by atoms with E-state index < -0.39 is 0 Å². The van der Waals surface area contributed by atoms with Crippen molar-refractivity contribution in [3.63, 3.8) is 0 Å². The van der Waals surface area contributed by atoms with Crippen molar-refractivity contribution >= 4 is 6.29 Å². The minimum Gasteiger partial charge on any atom is -0.490 e. The summed E-state index contributed by atoms with van der Waals surface area (Å²) in [6.07, 6.45) is 6.21. The van der Waals surface area contributed by atoms with Crippen LogP contribution in [0.4, 0.5) is 0 Å². The van der Waals surface area contributed by atoms with Crippen LogP contribution in [0.5, 0.6) is 11.5 Å². The standard InChI is InChI=1S/C17H24O3/c1-4-7-14(3)8-6-11-20-16-10-9-15(13-18)12-17(16)19-5-2/h8-10,12-13H,4-7,11H2,1-3H3. The Morgan fingerprint density at radius 2 is 2.00 bits per heavy atom. The second-order valence-corrected chi connectivity index (χ2v) is 4.69. The molecular weight excluding hydrogens is 252 g/mol. The van der Waals surface area contributed by atoms with Gasteiger partial charge in [-0.1, -0.05) is 25.0 Å². The van der Waals surface area contributed by atoms with Gasteiger partial charge in [-0.15, -0.1) is 0 Å². The maximum Gasteiger partial charge on any atom is 0.161 e. The molecule has 0 heterocycles. The van der Waals surface area contributed by atoms with Crippen LogP contribution in [-0.2, 0) is 0 Å². The average Bonchev–Trinajstić information content (AvgIpc) is 2.45. The zero-order chi connectivity index (χ0) is 14.8. The molecule has 1 aromatic rings. The summed E-state index contributed by atoms with van der Waals surface area (Å²) in [5.74, 6) is 1.32. The van der Waals surface area contributed by atoms with Gasteiger partial charge in [-0.25, -0.2) is 0 Å². The third kappa shape index (κ3) is 5.47. The normalized spacial score (nSPS) is 11.2. The fourth-order valence-electron chi connectivity index (χ4n) is 1.96. The lowest BCUT2D eigenvalue weighted by Crippen LogP contribution is -2.01. The second kappa shape index (κ2) is 9.18. The van der Waals surface area contributed by atoms with Gasteiger partial charge in [-0.2, -0.15) is 0 Å². The van der Waals surface area contributed by atoms with E-state index in [-0.39, 0.29) is 0 Å². The zero-order valence-electron chi connectivity index (χ0n) is 12.6. The molecule has 0 aliphatic rings. The van der Waals surface area contributed by atoms with E-state index >= 15 is 0 Å². The Morgan fingerprint density at radius 1 is 1.20 bits per heavy atom. The lowest BCUT2D eigenvalue weighted by molar-refractivity contribution is 0.112. The van der Waals surface area contributed by atoms with Gasteiger partial charge in [-0.3, -0.25) is 4.79 Å². The van der Waals surface area contributed by atoms with Gasteiger partial charge < -0.3 is 9.47 Å². The lowest BCUT2D eigenvalue weighted by atomic mass is 10.1. The Balaban J connectivity index is 2.58. The lowest BCUT2D eigenvalue weighted by Gasteiger charge is -2.11. The fraction of sp³-hybridized carbons (Fsp3) is 0.471. The summed E-state index contributed by atoms with van der Waals surface area (Å²) in [5, 5.41) is 0. The molecule has 1 rings (SSSR count). The minimum absolute atomic E-state index is 0.550. The summed E-state index contributed by atoms with van der Waals surface area (Å²) in [6, 6.07) is 5.24. The van der Waals surface area contributed by atoms with Crippen LogP contribution in [0, 0.1) is 0 Å². The maximum absolute atomic E-state index is 10.8. The first-order valence-electron chi connectivity index (χ1n) is 7.21. The Hall–Kier alpha value is -1.77. The number of hydrogen-bond acceptors (Lipinski definition) is 3. The van der Waals surface area contributed by atoms with E-state index in [4.69, 9.17) is 9.47 Å². The van der Waals surface area contributed by atoms with E-state index in [1.165, 1.54) is 12.0 Å². The van der Waals surface area contributed by atoms with Gasteiger partial charge in [0.2, 0.25) is 0 Å². The molecule has 0 amide bonds. The molecular formula is C17H24O3. The number of hydrogen-bond donors (Lipinski definition) is 0. The monoisotopic (exact) mass is 276 g/mol. The fourth-order valence-corrected chi connectivity index (χ4v) is 1.96. The summed E-state index contributed by atoms with van der Waals surface area (Å²) in [6.45, 7) is 7.40. The molecule has 0 aromatic heterocycles. The van der Waals surface area contributed by atoms with Crippen molar-refractivity contribution in [2.75, 3.05) is 13.2 Å². The van der Waals surface area contributed by atoms with Crippen molar-refractivity contribution in [2.45, 2.75) is 40.0 Å². The molecule has 0 aliphatic heterocycles. The molecule has 0 atom stereocenters. The smallest absolute Gasteiger partial charge is 0.161 e. The van der Waals surface area contributed by atoms with E-state index in [9.17, 15) is 4.79 Å². The third-order valence-electron chi connectivity index (χ3n) is 2.92. The van der Waals surface area contributed by atoms with Gasteiger partial charge >= 0.3 is 0 Å². The van der Waals surface area contributed by atoms with Crippen LogP contribution >= 0.6 is 0 Å². The Kier molecular flexibility index (Phi) is 7.48. The highest BCUT2D eigenvalue weighted by Crippen LogP contribution is 2.28. The van der Waals surface area contributed by atoms with E-state index in [1.54, 1.807) is 18.2 Å². The Bertz CT molecular complexity index is 450. The molecule has 0 N–H and O–H groups in total. The van der Waals surface area contributed by atoms with Gasteiger partial charge in [0, 0.05) is 5.56 Å². The van der Waals surface area contributed by atoms with E-state index in [0.29, 0.717) is 30.3 Å². The highest BCUT2D eigenvalue weighted by molar-refractivity contribution is 5.76. The van der Waals surface area contributed by atoms with Crippen LogP contribution in [-0.4, -0.2) is 19.5 Å². The van der Waals surface area contributed by atoms with Crippen molar-refractivity contribution in [3.8, 4) is 11.5 Å². The van der Waals surface area contributed by atoms with Crippen LogP contribution in [0.3, 0.4) is 0 Å². The molecule has 3 nitrogen and oxygen atoms in total. The summed E-state index contributed by atoms with van der Waals surface area (Å²) in [5.41, 5.74) is 2.00. The van der Waals surface area contributed by atoms with Crippen molar-refractivity contribution in [1.82, 2.24) is 0 Å². The summed E-state index contributed by atoms with van der Waals surface area (Å²) >= 11 is 0. The Morgan fingerprint density at radius 3 is 2.65 bits per heavy atom. The SMILES string of the molecule is CCCC(C)=CCCOc1ccc(C=O)cc1OCC. The molecule has 0 radical (unpaired) electrons. The van der Waals surface area contributed by atoms with Gasteiger partial charge in [0.25, 0.3) is 0 Å². The van der Waals surface area contributed by atoms with Crippen molar-refractivity contribution in [2.24, 2.45) is 0 Å². The largest absolute Gasteiger partial charge is 0.490 e. The Labute approximate surface area is 121 Å². The molecule has 20 heavy (non-hydrogen) atoms. The number of benzene rings is 1. The van der Waals surface area contributed by atoms with Crippen LogP contribution in [0.1, 0.15) is 50.4 Å². The van der Waals surface area contributed by atoms with Gasteiger partial charge in [-0.05, 0) is 44.9 Å². The molecule has 3 heteroatoms. The predicted molar refractivity (Wildman–Crippen MR) is 81.8 cm³/mol. The third-order valence-corrected chi connectivity index (χ3v) is 2.92. The maximum atomic E-state index is 10.8. The number of rotatable bonds is 9. The summed E-state index contributed by atoms with van der Waals surface area (Å²) < 4.78 is 11.2. The molecule has 0 saturated carbocycles.